The Bertz CT molecular complexity index is 1120. The molecule has 0 radical (unpaired) electrons. The molecule has 0 aliphatic rings. The number of non-ortho nitro benzene ring substituents is 1. The lowest BCUT2D eigenvalue weighted by molar-refractivity contribution is -0.384. The van der Waals surface area contributed by atoms with E-state index in [2.05, 4.69) is 15.5 Å². The van der Waals surface area contributed by atoms with Crippen LogP contribution in [-0.2, 0) is 11.3 Å². The van der Waals surface area contributed by atoms with Gasteiger partial charge in [0.2, 0.25) is 5.91 Å². The van der Waals surface area contributed by atoms with Crippen LogP contribution in [0.2, 0.25) is 0 Å². The summed E-state index contributed by atoms with van der Waals surface area (Å²) in [5.41, 5.74) is 0.408. The van der Waals surface area contributed by atoms with E-state index in [4.69, 9.17) is 4.74 Å². The van der Waals surface area contributed by atoms with Crippen molar-refractivity contribution >= 4 is 29.0 Å². The molecule has 0 aliphatic carbocycles. The van der Waals surface area contributed by atoms with Crippen molar-refractivity contribution in [2.24, 2.45) is 5.92 Å². The second kappa shape index (κ2) is 10.9. The van der Waals surface area contributed by atoms with Crippen LogP contribution in [0.3, 0.4) is 0 Å². The first-order chi connectivity index (χ1) is 15.7. The standard InChI is InChI=1S/C22H24FN5O4S/c1-14(2)12-27-21(15(3)32-19-7-5-4-6-18(19)23)25-26-22(27)33-13-20(29)24-16-8-10-17(11-9-16)28(30)31/h4-11,14-15H,12-13H2,1-3H3,(H,24,29). The van der Waals surface area contributed by atoms with Crippen LogP contribution >= 0.6 is 11.8 Å². The lowest BCUT2D eigenvalue weighted by Gasteiger charge is -2.18. The van der Waals surface area contributed by atoms with Crippen molar-refractivity contribution < 1.29 is 18.8 Å². The van der Waals surface area contributed by atoms with E-state index in [9.17, 15) is 19.3 Å². The number of anilines is 1. The maximum Gasteiger partial charge on any atom is 0.269 e. The van der Waals surface area contributed by atoms with Gasteiger partial charge in [-0.05, 0) is 37.1 Å². The van der Waals surface area contributed by atoms with Crippen molar-refractivity contribution in [1.82, 2.24) is 14.8 Å². The fraction of sp³-hybridized carbons (Fsp3) is 0.318. The average molecular weight is 474 g/mol. The first kappa shape index (κ1) is 24.2. The first-order valence-corrected chi connectivity index (χ1v) is 11.2. The number of nitro groups is 1. The number of ether oxygens (including phenoxy) is 1. The Morgan fingerprint density at radius 3 is 2.52 bits per heavy atom. The summed E-state index contributed by atoms with van der Waals surface area (Å²) in [6.07, 6.45) is -0.559. The van der Waals surface area contributed by atoms with Gasteiger partial charge in [-0.25, -0.2) is 4.39 Å². The van der Waals surface area contributed by atoms with Gasteiger partial charge in [0.1, 0.15) is 0 Å². The molecule has 2 aromatic carbocycles. The molecule has 1 aromatic heterocycles. The van der Waals surface area contributed by atoms with Gasteiger partial charge in [0.05, 0.1) is 10.7 Å². The van der Waals surface area contributed by atoms with Crippen LogP contribution in [0.1, 0.15) is 32.7 Å². The van der Waals surface area contributed by atoms with Gasteiger partial charge >= 0.3 is 0 Å². The number of nitrogens with one attached hydrogen (secondary N) is 1. The second-order valence-corrected chi connectivity index (χ2v) is 8.62. The highest BCUT2D eigenvalue weighted by Crippen LogP contribution is 2.27. The number of hydrogen-bond acceptors (Lipinski definition) is 7. The minimum atomic E-state index is -0.559. The van der Waals surface area contributed by atoms with Crippen LogP contribution in [0.4, 0.5) is 15.8 Å². The smallest absolute Gasteiger partial charge is 0.269 e. The molecule has 11 heteroatoms. The van der Waals surface area contributed by atoms with Crippen molar-refractivity contribution in [1.29, 1.82) is 0 Å². The van der Waals surface area contributed by atoms with E-state index in [0.29, 0.717) is 23.2 Å². The largest absolute Gasteiger partial charge is 0.480 e. The molecule has 1 unspecified atom stereocenters. The van der Waals surface area contributed by atoms with E-state index in [-0.39, 0.29) is 29.0 Å². The zero-order valence-electron chi connectivity index (χ0n) is 18.4. The number of halogens is 1. The van der Waals surface area contributed by atoms with Gasteiger partial charge in [-0.1, -0.05) is 37.7 Å². The predicted octanol–water partition coefficient (Wildman–Crippen LogP) is 4.85. The molecule has 0 spiro atoms. The molecule has 1 amide bonds. The number of benzene rings is 2. The number of aromatic nitrogens is 3. The highest BCUT2D eigenvalue weighted by molar-refractivity contribution is 7.99. The van der Waals surface area contributed by atoms with Gasteiger partial charge in [0.25, 0.3) is 5.69 Å². The maximum atomic E-state index is 14.0. The summed E-state index contributed by atoms with van der Waals surface area (Å²) in [4.78, 5) is 22.6. The number of rotatable bonds is 10. The zero-order valence-corrected chi connectivity index (χ0v) is 19.2. The fourth-order valence-corrected chi connectivity index (χ4v) is 3.78. The Balaban J connectivity index is 1.68. The lowest BCUT2D eigenvalue weighted by Crippen LogP contribution is -2.17. The van der Waals surface area contributed by atoms with Crippen molar-refractivity contribution in [2.45, 2.75) is 38.6 Å². The second-order valence-electron chi connectivity index (χ2n) is 7.68. The third kappa shape index (κ3) is 6.51. The highest BCUT2D eigenvalue weighted by Gasteiger charge is 2.22. The summed E-state index contributed by atoms with van der Waals surface area (Å²) in [5.74, 6) is 0.247. The molecule has 1 N–H and O–H groups in total. The normalized spacial score (nSPS) is 11.9. The molecule has 0 saturated heterocycles. The Hall–Kier alpha value is -3.47. The fourth-order valence-electron chi connectivity index (χ4n) is 3.02. The van der Waals surface area contributed by atoms with Crippen LogP contribution < -0.4 is 10.1 Å². The number of carbonyl (C=O) groups is 1. The summed E-state index contributed by atoms with van der Waals surface area (Å²) < 4.78 is 21.6. The van der Waals surface area contributed by atoms with Crippen molar-refractivity contribution in [2.75, 3.05) is 11.1 Å². The highest BCUT2D eigenvalue weighted by atomic mass is 32.2. The number of amides is 1. The van der Waals surface area contributed by atoms with Crippen molar-refractivity contribution in [3.8, 4) is 5.75 Å². The van der Waals surface area contributed by atoms with E-state index >= 15 is 0 Å². The average Bonchev–Trinajstić information content (AvgIpc) is 3.16. The molecular weight excluding hydrogens is 449 g/mol. The summed E-state index contributed by atoms with van der Waals surface area (Å²) >= 11 is 1.21. The SMILES string of the molecule is CC(C)Cn1c(SCC(=O)Nc2ccc([N+](=O)[O-])cc2)nnc1C(C)Oc1ccccc1F. The van der Waals surface area contributed by atoms with Gasteiger partial charge in [-0.3, -0.25) is 14.9 Å². The van der Waals surface area contributed by atoms with E-state index in [1.807, 2.05) is 18.4 Å². The predicted molar refractivity (Wildman–Crippen MR) is 123 cm³/mol. The lowest BCUT2D eigenvalue weighted by atomic mass is 10.2. The minimum absolute atomic E-state index is 0.0524. The number of thioether (sulfide) groups is 1. The van der Waals surface area contributed by atoms with Crippen LogP contribution in [0.25, 0.3) is 0 Å². The number of para-hydroxylation sites is 1. The van der Waals surface area contributed by atoms with E-state index in [0.717, 1.165) is 0 Å². The van der Waals surface area contributed by atoms with Crippen molar-refractivity contribution in [3.05, 3.63) is 70.3 Å². The first-order valence-electron chi connectivity index (χ1n) is 10.3. The van der Waals surface area contributed by atoms with Crippen LogP contribution in [-0.4, -0.2) is 31.3 Å². The molecule has 33 heavy (non-hydrogen) atoms. The van der Waals surface area contributed by atoms with Gasteiger partial charge < -0.3 is 14.6 Å². The summed E-state index contributed by atoms with van der Waals surface area (Å²) in [6, 6.07) is 11.7. The molecule has 1 atom stereocenters. The van der Waals surface area contributed by atoms with Crippen LogP contribution in [0, 0.1) is 21.8 Å². The van der Waals surface area contributed by atoms with Crippen molar-refractivity contribution in [3.63, 3.8) is 0 Å². The van der Waals surface area contributed by atoms with E-state index in [1.54, 1.807) is 25.1 Å². The molecule has 1 heterocycles. The molecule has 174 valence electrons. The molecule has 9 nitrogen and oxygen atoms in total. The van der Waals surface area contributed by atoms with E-state index in [1.165, 1.54) is 42.1 Å². The number of carbonyl (C=O) groups excluding carboxylic acids is 1. The maximum absolute atomic E-state index is 14.0. The molecule has 3 aromatic rings. The van der Waals surface area contributed by atoms with E-state index < -0.39 is 16.8 Å². The topological polar surface area (TPSA) is 112 Å². The number of hydrogen-bond donors (Lipinski definition) is 1. The quantitative estimate of drug-likeness (QED) is 0.254. The van der Waals surface area contributed by atoms with Crippen LogP contribution in [0.15, 0.2) is 53.7 Å². The Morgan fingerprint density at radius 2 is 1.88 bits per heavy atom. The Kier molecular flexibility index (Phi) is 7.99. The molecule has 0 saturated carbocycles. The van der Waals surface area contributed by atoms with Gasteiger partial charge in [0, 0.05) is 24.4 Å². The van der Waals surface area contributed by atoms with Gasteiger partial charge in [-0.15, -0.1) is 10.2 Å². The molecule has 3 rings (SSSR count). The molecule has 0 aliphatic heterocycles. The number of nitro benzene ring substituents is 1. The summed E-state index contributed by atoms with van der Waals surface area (Å²) in [7, 11) is 0. The Labute approximate surface area is 194 Å². The van der Waals surface area contributed by atoms with Gasteiger partial charge in [0.15, 0.2) is 28.7 Å². The molecule has 0 bridgehead atoms. The number of nitrogens with zero attached hydrogens (tertiary/aromatic N) is 4. The third-order valence-electron chi connectivity index (χ3n) is 4.49. The zero-order chi connectivity index (χ0) is 24.0. The summed E-state index contributed by atoms with van der Waals surface area (Å²) in [6.45, 7) is 6.45. The molecular formula is C22H24FN5O4S. The minimum Gasteiger partial charge on any atom is -0.480 e. The van der Waals surface area contributed by atoms with Gasteiger partial charge in [-0.2, -0.15) is 0 Å². The summed E-state index contributed by atoms with van der Waals surface area (Å²) in [5, 5.41) is 22.4. The monoisotopic (exact) mass is 473 g/mol. The third-order valence-corrected chi connectivity index (χ3v) is 5.46. The Morgan fingerprint density at radius 1 is 1.18 bits per heavy atom. The molecule has 0 fully saturated rings. The van der Waals surface area contributed by atoms with Crippen LogP contribution in [0.5, 0.6) is 5.75 Å².